The van der Waals surface area contributed by atoms with Crippen LogP contribution >= 0.6 is 24.0 Å². The zero-order valence-corrected chi connectivity index (χ0v) is 16.4. The highest BCUT2D eigenvalue weighted by molar-refractivity contribution is 14.0. The van der Waals surface area contributed by atoms with Gasteiger partial charge >= 0.3 is 0 Å². The van der Waals surface area contributed by atoms with Crippen LogP contribution in [0.1, 0.15) is 37.7 Å². The molecule has 6 heteroatoms. The lowest BCUT2D eigenvalue weighted by Gasteiger charge is -2.25. The molecule has 1 saturated carbocycles. The van der Waals surface area contributed by atoms with Crippen molar-refractivity contribution in [1.29, 1.82) is 0 Å². The molecule has 23 heavy (non-hydrogen) atoms. The monoisotopic (exact) mass is 430 g/mol. The molecule has 0 aromatic carbocycles. The van der Waals surface area contributed by atoms with Gasteiger partial charge in [-0.05, 0) is 30.2 Å². The lowest BCUT2D eigenvalue weighted by Crippen LogP contribution is -2.40. The molecule has 2 heterocycles. The number of rotatable bonds is 3. The molecule has 0 unspecified atom stereocenters. The van der Waals surface area contributed by atoms with Crippen LogP contribution in [-0.2, 0) is 6.54 Å². The Bertz CT molecular complexity index is 526. The summed E-state index contributed by atoms with van der Waals surface area (Å²) in [5.41, 5.74) is 1.70. The number of methoxy groups -OCH3 is 1. The maximum Gasteiger partial charge on any atom is 0.212 e. The molecule has 2 fully saturated rings. The second-order valence-corrected chi connectivity index (χ2v) is 6.49. The van der Waals surface area contributed by atoms with E-state index >= 15 is 0 Å². The zero-order chi connectivity index (χ0) is 15.4. The van der Waals surface area contributed by atoms with Gasteiger partial charge in [0.05, 0.1) is 7.11 Å². The predicted molar refractivity (Wildman–Crippen MR) is 103 cm³/mol. The fourth-order valence-corrected chi connectivity index (χ4v) is 3.80. The number of ether oxygens (including phenoxy) is 1. The third kappa shape index (κ3) is 4.28. The van der Waals surface area contributed by atoms with Crippen LogP contribution in [0.15, 0.2) is 23.3 Å². The number of nitrogens with one attached hydrogen (secondary N) is 1. The number of aromatic nitrogens is 1. The van der Waals surface area contributed by atoms with Crippen LogP contribution in [0, 0.1) is 5.41 Å². The Kier molecular flexibility index (Phi) is 6.50. The largest absolute Gasteiger partial charge is 0.481 e. The second-order valence-electron chi connectivity index (χ2n) is 6.49. The SMILES string of the molecule is CN=C(NCc1ccc(OC)nc1)N1CCC2(CCCC2)C1.I. The van der Waals surface area contributed by atoms with Gasteiger partial charge in [-0.1, -0.05) is 18.9 Å². The summed E-state index contributed by atoms with van der Waals surface area (Å²) in [6.07, 6.45) is 8.75. The highest BCUT2D eigenvalue weighted by Crippen LogP contribution is 2.45. The van der Waals surface area contributed by atoms with E-state index in [1.54, 1.807) is 7.11 Å². The lowest BCUT2D eigenvalue weighted by molar-refractivity contribution is 0.309. The van der Waals surface area contributed by atoms with E-state index in [1.165, 1.54) is 32.1 Å². The highest BCUT2D eigenvalue weighted by Gasteiger charge is 2.40. The van der Waals surface area contributed by atoms with E-state index in [9.17, 15) is 0 Å². The summed E-state index contributed by atoms with van der Waals surface area (Å²) in [6.45, 7) is 3.03. The summed E-state index contributed by atoms with van der Waals surface area (Å²) >= 11 is 0. The van der Waals surface area contributed by atoms with Crippen LogP contribution in [0.5, 0.6) is 5.88 Å². The number of guanidine groups is 1. The fourth-order valence-electron chi connectivity index (χ4n) is 3.80. The molecule has 3 rings (SSSR count). The van der Waals surface area contributed by atoms with Crippen molar-refractivity contribution in [3.05, 3.63) is 23.9 Å². The normalized spacial score (nSPS) is 19.7. The van der Waals surface area contributed by atoms with Gasteiger partial charge in [0.15, 0.2) is 5.96 Å². The third-order valence-corrected chi connectivity index (χ3v) is 5.07. The first-order chi connectivity index (χ1) is 10.7. The van der Waals surface area contributed by atoms with Crippen molar-refractivity contribution < 1.29 is 4.74 Å². The first kappa shape index (κ1) is 18.3. The van der Waals surface area contributed by atoms with Gasteiger partial charge in [-0.15, -0.1) is 24.0 Å². The summed E-state index contributed by atoms with van der Waals surface area (Å²) in [5.74, 6) is 1.66. The van der Waals surface area contributed by atoms with Crippen molar-refractivity contribution in [3.63, 3.8) is 0 Å². The number of nitrogens with zero attached hydrogens (tertiary/aromatic N) is 3. The quantitative estimate of drug-likeness (QED) is 0.455. The molecule has 1 aromatic rings. The van der Waals surface area contributed by atoms with E-state index in [1.807, 2.05) is 25.4 Å². The average Bonchev–Trinajstić information content (AvgIpc) is 3.19. The van der Waals surface area contributed by atoms with Crippen molar-refractivity contribution in [2.24, 2.45) is 10.4 Å². The van der Waals surface area contributed by atoms with Crippen molar-refractivity contribution >= 4 is 29.9 Å². The Morgan fingerprint density at radius 1 is 1.35 bits per heavy atom. The van der Waals surface area contributed by atoms with Gasteiger partial charge in [0.25, 0.3) is 0 Å². The van der Waals surface area contributed by atoms with Crippen molar-refractivity contribution in [2.45, 2.75) is 38.6 Å². The Labute approximate surface area is 155 Å². The van der Waals surface area contributed by atoms with Gasteiger partial charge in [0, 0.05) is 38.9 Å². The number of halogens is 1. The van der Waals surface area contributed by atoms with E-state index in [4.69, 9.17) is 4.74 Å². The molecule has 1 aliphatic carbocycles. The molecule has 2 aliphatic rings. The van der Waals surface area contributed by atoms with E-state index in [0.717, 1.165) is 31.2 Å². The van der Waals surface area contributed by atoms with Crippen LogP contribution in [0.3, 0.4) is 0 Å². The Morgan fingerprint density at radius 3 is 2.74 bits per heavy atom. The molecule has 1 aliphatic heterocycles. The molecule has 1 N–H and O–H groups in total. The number of pyridine rings is 1. The van der Waals surface area contributed by atoms with Crippen molar-refractivity contribution in [2.75, 3.05) is 27.2 Å². The Hall–Kier alpha value is -1.05. The number of hydrogen-bond donors (Lipinski definition) is 1. The van der Waals surface area contributed by atoms with E-state index < -0.39 is 0 Å². The van der Waals surface area contributed by atoms with E-state index in [2.05, 4.69) is 20.2 Å². The molecule has 1 spiro atoms. The molecule has 1 aromatic heterocycles. The molecular weight excluding hydrogens is 403 g/mol. The topological polar surface area (TPSA) is 49.8 Å². The molecule has 0 radical (unpaired) electrons. The molecule has 1 saturated heterocycles. The van der Waals surface area contributed by atoms with Crippen LogP contribution in [0.4, 0.5) is 0 Å². The van der Waals surface area contributed by atoms with Crippen molar-refractivity contribution in [3.8, 4) is 5.88 Å². The van der Waals surface area contributed by atoms with Gasteiger partial charge in [-0.3, -0.25) is 4.99 Å². The van der Waals surface area contributed by atoms with Gasteiger partial charge in [-0.2, -0.15) is 0 Å². The Balaban J connectivity index is 0.00000192. The van der Waals surface area contributed by atoms with Crippen LogP contribution < -0.4 is 10.1 Å². The molecule has 0 atom stereocenters. The maximum absolute atomic E-state index is 5.09. The Morgan fingerprint density at radius 2 is 2.13 bits per heavy atom. The number of likely N-dealkylation sites (tertiary alicyclic amines) is 1. The predicted octanol–water partition coefficient (Wildman–Crippen LogP) is 3.05. The zero-order valence-electron chi connectivity index (χ0n) is 14.0. The van der Waals surface area contributed by atoms with Crippen molar-refractivity contribution in [1.82, 2.24) is 15.2 Å². The third-order valence-electron chi connectivity index (χ3n) is 5.07. The van der Waals surface area contributed by atoms with Gasteiger partial charge < -0.3 is 15.0 Å². The number of hydrogen-bond acceptors (Lipinski definition) is 3. The maximum atomic E-state index is 5.09. The standard InChI is InChI=1S/C17H26N4O.HI/c1-18-16(20-12-14-5-6-15(22-2)19-11-14)21-10-9-17(13-21)7-3-4-8-17;/h5-6,11H,3-4,7-10,12-13H2,1-2H3,(H,18,20);1H. The fraction of sp³-hybridized carbons (Fsp3) is 0.647. The van der Waals surface area contributed by atoms with Crippen LogP contribution in [0.25, 0.3) is 0 Å². The van der Waals surface area contributed by atoms with Gasteiger partial charge in [0.1, 0.15) is 0 Å². The minimum absolute atomic E-state index is 0. The average molecular weight is 430 g/mol. The summed E-state index contributed by atoms with van der Waals surface area (Å²) < 4.78 is 5.09. The van der Waals surface area contributed by atoms with Gasteiger partial charge in [-0.25, -0.2) is 4.98 Å². The van der Waals surface area contributed by atoms with E-state index in [-0.39, 0.29) is 24.0 Å². The molecular formula is C17H27IN4O. The first-order valence-electron chi connectivity index (χ1n) is 8.19. The van der Waals surface area contributed by atoms with Gasteiger partial charge in [0.2, 0.25) is 5.88 Å². The minimum Gasteiger partial charge on any atom is -0.481 e. The summed E-state index contributed by atoms with van der Waals surface area (Å²) in [7, 11) is 3.50. The second kappa shape index (κ2) is 8.17. The highest BCUT2D eigenvalue weighted by atomic mass is 127. The van der Waals surface area contributed by atoms with E-state index in [0.29, 0.717) is 11.3 Å². The molecule has 5 nitrogen and oxygen atoms in total. The first-order valence-corrected chi connectivity index (χ1v) is 8.19. The smallest absolute Gasteiger partial charge is 0.212 e. The molecule has 0 amide bonds. The lowest BCUT2D eigenvalue weighted by atomic mass is 9.86. The van der Waals surface area contributed by atoms with Crippen LogP contribution in [0.2, 0.25) is 0 Å². The minimum atomic E-state index is 0. The summed E-state index contributed by atoms with van der Waals surface area (Å²) in [4.78, 5) is 11.1. The molecule has 128 valence electrons. The summed E-state index contributed by atoms with van der Waals surface area (Å²) in [6, 6.07) is 3.93. The summed E-state index contributed by atoms with van der Waals surface area (Å²) in [5, 5.41) is 3.47. The van der Waals surface area contributed by atoms with Crippen LogP contribution in [-0.4, -0.2) is 43.1 Å². The number of aliphatic imine (C=N–C) groups is 1. The molecule has 0 bridgehead atoms.